The van der Waals surface area contributed by atoms with Crippen LogP contribution >= 0.6 is 0 Å². The Balaban J connectivity index is 2.47. The Labute approximate surface area is 104 Å². The second kappa shape index (κ2) is 6.34. The van der Waals surface area contributed by atoms with E-state index < -0.39 is 23.9 Å². The molecule has 3 N–H and O–H groups in total. The maximum atomic E-state index is 11.7. The molecule has 1 aliphatic heterocycles. The van der Waals surface area contributed by atoms with Crippen molar-refractivity contribution in [1.82, 2.24) is 5.32 Å². The van der Waals surface area contributed by atoms with Gasteiger partial charge >= 0.3 is 11.9 Å². The molecule has 18 heavy (non-hydrogen) atoms. The summed E-state index contributed by atoms with van der Waals surface area (Å²) < 4.78 is 5.22. The largest absolute Gasteiger partial charge is 0.481 e. The van der Waals surface area contributed by atoms with Crippen molar-refractivity contribution in [2.45, 2.75) is 38.3 Å². The van der Waals surface area contributed by atoms with Crippen LogP contribution in [0.4, 0.5) is 0 Å². The van der Waals surface area contributed by atoms with E-state index in [1.165, 1.54) is 0 Å². The van der Waals surface area contributed by atoms with Gasteiger partial charge in [0.05, 0.1) is 18.6 Å². The monoisotopic (exact) mass is 259 g/mol. The van der Waals surface area contributed by atoms with Crippen LogP contribution in [0, 0.1) is 5.92 Å². The summed E-state index contributed by atoms with van der Waals surface area (Å²) >= 11 is 0. The number of amides is 1. The fourth-order valence-electron chi connectivity index (χ4n) is 1.81. The zero-order valence-electron chi connectivity index (χ0n) is 10.1. The molecule has 0 aliphatic carbocycles. The van der Waals surface area contributed by atoms with Crippen molar-refractivity contribution in [3.05, 3.63) is 0 Å². The first kappa shape index (κ1) is 14.4. The highest BCUT2D eigenvalue weighted by Gasteiger charge is 2.31. The van der Waals surface area contributed by atoms with Crippen molar-refractivity contribution in [2.24, 2.45) is 5.92 Å². The number of nitrogens with one attached hydrogen (secondary N) is 1. The van der Waals surface area contributed by atoms with Crippen LogP contribution in [0.2, 0.25) is 0 Å². The number of carbonyl (C=O) groups excluding carboxylic acids is 1. The predicted octanol–water partition coefficient (Wildman–Crippen LogP) is -0.154. The molecule has 1 heterocycles. The number of carboxylic acid groups (broad SMARTS) is 2. The zero-order valence-corrected chi connectivity index (χ0v) is 10.1. The summed E-state index contributed by atoms with van der Waals surface area (Å²) in [6, 6.07) is -1.16. The number of carboxylic acids is 2. The lowest BCUT2D eigenvalue weighted by Gasteiger charge is -2.15. The van der Waals surface area contributed by atoms with Gasteiger partial charge in [-0.2, -0.15) is 0 Å². The van der Waals surface area contributed by atoms with Gasteiger partial charge < -0.3 is 20.3 Å². The third-order valence-electron chi connectivity index (χ3n) is 2.83. The first-order chi connectivity index (χ1) is 8.40. The number of rotatable bonds is 6. The van der Waals surface area contributed by atoms with Crippen molar-refractivity contribution in [1.29, 1.82) is 0 Å². The average Bonchev–Trinajstić information content (AvgIpc) is 2.70. The smallest absolute Gasteiger partial charge is 0.326 e. The summed E-state index contributed by atoms with van der Waals surface area (Å²) in [5, 5.41) is 19.7. The number of ether oxygens (including phenoxy) is 1. The Hall–Kier alpha value is -1.63. The molecule has 1 saturated heterocycles. The molecule has 0 aromatic rings. The fraction of sp³-hybridized carbons (Fsp3) is 0.727. The molecule has 0 bridgehead atoms. The van der Waals surface area contributed by atoms with E-state index in [1.54, 1.807) is 0 Å². The molecule has 7 nitrogen and oxygen atoms in total. The first-order valence-electron chi connectivity index (χ1n) is 5.76. The van der Waals surface area contributed by atoms with Gasteiger partial charge in [0.1, 0.15) is 6.04 Å². The third kappa shape index (κ3) is 4.33. The molecular weight excluding hydrogens is 242 g/mol. The Morgan fingerprint density at radius 1 is 1.39 bits per heavy atom. The molecule has 1 rings (SSSR count). The summed E-state index contributed by atoms with van der Waals surface area (Å²) in [6.45, 7) is 2.12. The van der Waals surface area contributed by atoms with E-state index in [-0.39, 0.29) is 31.5 Å². The zero-order chi connectivity index (χ0) is 13.7. The second-order valence-corrected chi connectivity index (χ2v) is 4.41. The highest BCUT2D eigenvalue weighted by molar-refractivity contribution is 5.85. The predicted molar refractivity (Wildman–Crippen MR) is 60.0 cm³/mol. The SMILES string of the molecule is CC1CC(C(=O)N[C@@H](CCC(=O)O)C(=O)O)CO1. The lowest BCUT2D eigenvalue weighted by atomic mass is 10.0. The number of carbonyl (C=O) groups is 3. The van der Waals surface area contributed by atoms with E-state index in [9.17, 15) is 14.4 Å². The minimum absolute atomic E-state index is 0.0111. The van der Waals surface area contributed by atoms with Gasteiger partial charge in [0, 0.05) is 6.42 Å². The number of hydrogen-bond donors (Lipinski definition) is 3. The van der Waals surface area contributed by atoms with Crippen molar-refractivity contribution in [3.8, 4) is 0 Å². The van der Waals surface area contributed by atoms with Crippen LogP contribution in [0.1, 0.15) is 26.2 Å². The molecule has 1 amide bonds. The van der Waals surface area contributed by atoms with Gasteiger partial charge in [-0.15, -0.1) is 0 Å². The average molecular weight is 259 g/mol. The molecule has 0 spiro atoms. The van der Waals surface area contributed by atoms with Crippen LogP contribution in [0.25, 0.3) is 0 Å². The molecule has 2 unspecified atom stereocenters. The molecule has 0 radical (unpaired) electrons. The fourth-order valence-corrected chi connectivity index (χ4v) is 1.81. The molecule has 1 fully saturated rings. The summed E-state index contributed by atoms with van der Waals surface area (Å²) in [4.78, 5) is 33.0. The topological polar surface area (TPSA) is 113 Å². The Morgan fingerprint density at radius 2 is 2.06 bits per heavy atom. The van der Waals surface area contributed by atoms with E-state index in [0.717, 1.165) is 0 Å². The molecule has 1 aliphatic rings. The van der Waals surface area contributed by atoms with E-state index in [0.29, 0.717) is 6.42 Å². The van der Waals surface area contributed by atoms with Crippen molar-refractivity contribution in [2.75, 3.05) is 6.61 Å². The van der Waals surface area contributed by atoms with Crippen molar-refractivity contribution < 1.29 is 29.3 Å². The maximum absolute atomic E-state index is 11.7. The second-order valence-electron chi connectivity index (χ2n) is 4.41. The van der Waals surface area contributed by atoms with E-state index in [1.807, 2.05) is 6.92 Å². The minimum Gasteiger partial charge on any atom is -0.481 e. The van der Waals surface area contributed by atoms with Gasteiger partial charge in [-0.25, -0.2) is 4.79 Å². The van der Waals surface area contributed by atoms with Gasteiger partial charge in [0.25, 0.3) is 0 Å². The number of hydrogen-bond acceptors (Lipinski definition) is 4. The van der Waals surface area contributed by atoms with Crippen LogP contribution in [0.3, 0.4) is 0 Å². The van der Waals surface area contributed by atoms with Gasteiger partial charge in [-0.05, 0) is 19.8 Å². The molecule has 0 aromatic heterocycles. The lowest BCUT2D eigenvalue weighted by Crippen LogP contribution is -2.44. The maximum Gasteiger partial charge on any atom is 0.326 e. The summed E-state index contributed by atoms with van der Waals surface area (Å²) in [5.41, 5.74) is 0. The standard InChI is InChI=1S/C11H17NO6/c1-6-4-7(5-18-6)10(15)12-8(11(16)17)2-3-9(13)14/h6-8H,2-5H2,1H3,(H,12,15)(H,13,14)(H,16,17)/t6?,7?,8-/m0/s1. The van der Waals surface area contributed by atoms with Gasteiger partial charge in [0.15, 0.2) is 0 Å². The van der Waals surface area contributed by atoms with Crippen molar-refractivity contribution in [3.63, 3.8) is 0 Å². The highest BCUT2D eigenvalue weighted by Crippen LogP contribution is 2.19. The van der Waals surface area contributed by atoms with Crippen LogP contribution in [0.15, 0.2) is 0 Å². The van der Waals surface area contributed by atoms with Crippen molar-refractivity contribution >= 4 is 17.8 Å². The quantitative estimate of drug-likeness (QED) is 0.611. The third-order valence-corrected chi connectivity index (χ3v) is 2.83. The first-order valence-corrected chi connectivity index (χ1v) is 5.76. The van der Waals surface area contributed by atoms with Gasteiger partial charge in [0.2, 0.25) is 5.91 Å². The minimum atomic E-state index is -1.23. The Kier molecular flexibility index (Phi) is 5.08. The van der Waals surface area contributed by atoms with Crippen LogP contribution in [-0.4, -0.2) is 46.8 Å². The number of aliphatic carboxylic acids is 2. The molecule has 0 saturated carbocycles. The van der Waals surface area contributed by atoms with Crippen LogP contribution < -0.4 is 5.32 Å². The Morgan fingerprint density at radius 3 is 2.50 bits per heavy atom. The molecular formula is C11H17NO6. The highest BCUT2D eigenvalue weighted by atomic mass is 16.5. The summed E-state index contributed by atoms with van der Waals surface area (Å²) in [6.07, 6.45) is 0.119. The normalized spacial score (nSPS) is 24.5. The van der Waals surface area contributed by atoms with E-state index in [4.69, 9.17) is 14.9 Å². The van der Waals surface area contributed by atoms with Gasteiger partial charge in [-0.3, -0.25) is 9.59 Å². The lowest BCUT2D eigenvalue weighted by molar-refractivity contribution is -0.143. The van der Waals surface area contributed by atoms with Crippen LogP contribution in [0.5, 0.6) is 0 Å². The summed E-state index contributed by atoms with van der Waals surface area (Å²) in [7, 11) is 0. The summed E-state index contributed by atoms with van der Waals surface area (Å²) in [5.74, 6) is -3.06. The molecule has 3 atom stereocenters. The van der Waals surface area contributed by atoms with E-state index in [2.05, 4.69) is 5.32 Å². The van der Waals surface area contributed by atoms with Gasteiger partial charge in [-0.1, -0.05) is 0 Å². The molecule has 7 heteroatoms. The molecule has 102 valence electrons. The molecule has 0 aromatic carbocycles. The van der Waals surface area contributed by atoms with E-state index >= 15 is 0 Å². The Bertz CT molecular complexity index is 342. The van der Waals surface area contributed by atoms with Crippen LogP contribution in [-0.2, 0) is 19.1 Å².